The van der Waals surface area contributed by atoms with Crippen molar-refractivity contribution in [3.05, 3.63) is 51.3 Å². The third kappa shape index (κ3) is 2.65. The van der Waals surface area contributed by atoms with E-state index in [0.29, 0.717) is 0 Å². The number of aromatic amines is 1. The van der Waals surface area contributed by atoms with Crippen LogP contribution >= 0.6 is 0 Å². The van der Waals surface area contributed by atoms with Crippen molar-refractivity contribution in [2.24, 2.45) is 0 Å². The van der Waals surface area contributed by atoms with Crippen molar-refractivity contribution < 1.29 is 0 Å². The minimum absolute atomic E-state index is 0.0141. The van der Waals surface area contributed by atoms with Gasteiger partial charge in [-0.3, -0.25) is 4.79 Å². The van der Waals surface area contributed by atoms with Crippen LogP contribution in [0.3, 0.4) is 0 Å². The van der Waals surface area contributed by atoms with E-state index in [0.717, 1.165) is 48.1 Å². The fourth-order valence-electron chi connectivity index (χ4n) is 3.03. The van der Waals surface area contributed by atoms with Crippen molar-refractivity contribution in [1.82, 2.24) is 10.2 Å². The second kappa shape index (κ2) is 5.14. The molecule has 0 aliphatic heterocycles. The molecule has 1 heterocycles. The fourth-order valence-corrected chi connectivity index (χ4v) is 3.03. The first-order valence-corrected chi connectivity index (χ1v) is 7.68. The molecule has 1 aliphatic carbocycles. The van der Waals surface area contributed by atoms with Gasteiger partial charge < -0.3 is 0 Å². The molecule has 0 spiro atoms. The molecule has 1 aromatic carbocycles. The zero-order chi connectivity index (χ0) is 15.0. The maximum Gasteiger partial charge on any atom is 0.267 e. The number of hydrogen-bond donors (Lipinski definition) is 1. The lowest BCUT2D eigenvalue weighted by molar-refractivity contribution is 0.590. The van der Waals surface area contributed by atoms with E-state index in [-0.39, 0.29) is 11.0 Å². The summed E-state index contributed by atoms with van der Waals surface area (Å²) in [6.45, 7) is 6.63. The summed E-state index contributed by atoms with van der Waals surface area (Å²) in [5, 5.41) is 6.98. The number of fused-ring (bicyclic) bond motifs is 1. The van der Waals surface area contributed by atoms with E-state index in [4.69, 9.17) is 0 Å². The van der Waals surface area contributed by atoms with Gasteiger partial charge in [-0.25, -0.2) is 5.10 Å². The highest BCUT2D eigenvalue weighted by Gasteiger charge is 2.19. The molecular formula is C18H22N2O. The van der Waals surface area contributed by atoms with E-state index < -0.39 is 0 Å². The quantitative estimate of drug-likeness (QED) is 0.868. The van der Waals surface area contributed by atoms with E-state index in [1.807, 2.05) is 0 Å². The maximum absolute atomic E-state index is 11.9. The van der Waals surface area contributed by atoms with E-state index in [1.165, 1.54) is 5.56 Å². The van der Waals surface area contributed by atoms with Gasteiger partial charge in [0.25, 0.3) is 5.56 Å². The molecule has 110 valence electrons. The van der Waals surface area contributed by atoms with Crippen molar-refractivity contribution in [2.45, 2.75) is 51.9 Å². The zero-order valence-corrected chi connectivity index (χ0v) is 13.0. The monoisotopic (exact) mass is 282 g/mol. The van der Waals surface area contributed by atoms with E-state index in [1.54, 1.807) is 0 Å². The summed E-state index contributed by atoms with van der Waals surface area (Å²) in [4.78, 5) is 11.9. The van der Waals surface area contributed by atoms with Gasteiger partial charge in [0.15, 0.2) is 0 Å². The zero-order valence-electron chi connectivity index (χ0n) is 13.0. The number of nitrogens with zero attached hydrogens (tertiary/aromatic N) is 1. The van der Waals surface area contributed by atoms with E-state index in [2.05, 4.69) is 55.2 Å². The van der Waals surface area contributed by atoms with Crippen LogP contribution in [-0.4, -0.2) is 10.2 Å². The Balaban J connectivity index is 2.07. The second-order valence-corrected chi connectivity index (χ2v) is 6.89. The molecule has 0 unspecified atom stereocenters. The first kappa shape index (κ1) is 14.1. The van der Waals surface area contributed by atoms with Gasteiger partial charge >= 0.3 is 0 Å². The van der Waals surface area contributed by atoms with Crippen molar-refractivity contribution in [3.63, 3.8) is 0 Å². The topological polar surface area (TPSA) is 45.8 Å². The molecule has 1 N–H and O–H groups in total. The highest BCUT2D eigenvalue weighted by atomic mass is 16.1. The Morgan fingerprint density at radius 2 is 1.62 bits per heavy atom. The average molecular weight is 282 g/mol. The molecule has 2 aromatic rings. The summed E-state index contributed by atoms with van der Waals surface area (Å²) in [7, 11) is 0. The van der Waals surface area contributed by atoms with Gasteiger partial charge in [-0.15, -0.1) is 0 Å². The lowest BCUT2D eigenvalue weighted by atomic mass is 9.85. The molecule has 3 nitrogen and oxygen atoms in total. The first-order chi connectivity index (χ1) is 9.97. The molecule has 0 fully saturated rings. The van der Waals surface area contributed by atoms with Crippen molar-refractivity contribution >= 4 is 0 Å². The minimum Gasteiger partial charge on any atom is -0.268 e. The highest BCUT2D eigenvalue weighted by molar-refractivity contribution is 5.64. The molecule has 0 atom stereocenters. The van der Waals surface area contributed by atoms with Crippen LogP contribution in [0.4, 0.5) is 0 Å². The number of H-pyrrole nitrogens is 1. The van der Waals surface area contributed by atoms with Crippen molar-refractivity contribution in [1.29, 1.82) is 0 Å². The summed E-state index contributed by atoms with van der Waals surface area (Å²) in [5.74, 6) is 0. The smallest absolute Gasteiger partial charge is 0.267 e. The molecule has 21 heavy (non-hydrogen) atoms. The van der Waals surface area contributed by atoms with Crippen LogP contribution in [0.2, 0.25) is 0 Å². The summed E-state index contributed by atoms with van der Waals surface area (Å²) in [6, 6.07) is 8.57. The van der Waals surface area contributed by atoms with Crippen LogP contribution in [0.1, 0.15) is 50.3 Å². The number of aromatic nitrogens is 2. The van der Waals surface area contributed by atoms with Crippen molar-refractivity contribution in [3.8, 4) is 11.3 Å². The largest absolute Gasteiger partial charge is 0.268 e. The van der Waals surface area contributed by atoms with Crippen molar-refractivity contribution in [2.75, 3.05) is 0 Å². The molecule has 0 saturated heterocycles. The SMILES string of the molecule is CC(C)(C)c1ccc(-c2n[nH]c(=O)c3c2CCCC3)cc1. The van der Waals surface area contributed by atoms with Crippen LogP contribution in [0.25, 0.3) is 11.3 Å². The molecule has 0 saturated carbocycles. The fraction of sp³-hybridized carbons (Fsp3) is 0.444. The molecule has 1 aliphatic rings. The predicted octanol–water partition coefficient (Wildman–Crippen LogP) is 3.61. The third-order valence-electron chi connectivity index (χ3n) is 4.32. The minimum atomic E-state index is -0.0141. The standard InChI is InChI=1S/C18H22N2O/c1-18(2,3)13-10-8-12(9-11-13)16-14-6-4-5-7-15(14)17(21)20-19-16/h8-11H,4-7H2,1-3H3,(H,20,21). The Labute approximate surface area is 125 Å². The van der Waals surface area contributed by atoms with Gasteiger partial charge in [0, 0.05) is 11.1 Å². The Bertz CT molecular complexity index is 705. The lowest BCUT2D eigenvalue weighted by Gasteiger charge is -2.20. The molecule has 0 bridgehead atoms. The molecule has 3 heteroatoms. The maximum atomic E-state index is 11.9. The molecule has 0 amide bonds. The van der Waals surface area contributed by atoms with Gasteiger partial charge in [-0.2, -0.15) is 5.10 Å². The predicted molar refractivity (Wildman–Crippen MR) is 85.6 cm³/mol. The number of nitrogens with one attached hydrogen (secondary N) is 1. The van der Waals surface area contributed by atoms with E-state index in [9.17, 15) is 4.79 Å². The second-order valence-electron chi connectivity index (χ2n) is 6.89. The van der Waals surface area contributed by atoms with Crippen LogP contribution in [0, 0.1) is 0 Å². The van der Waals surface area contributed by atoms with Crippen LogP contribution in [0.5, 0.6) is 0 Å². The summed E-state index contributed by atoms with van der Waals surface area (Å²) in [6.07, 6.45) is 4.08. The van der Waals surface area contributed by atoms with Gasteiger partial charge in [0.05, 0.1) is 5.69 Å². The number of hydrogen-bond acceptors (Lipinski definition) is 2. The Hall–Kier alpha value is -1.90. The molecule has 3 rings (SSSR count). The third-order valence-corrected chi connectivity index (χ3v) is 4.32. The Morgan fingerprint density at radius 1 is 1.00 bits per heavy atom. The molecular weight excluding hydrogens is 260 g/mol. The summed E-state index contributed by atoms with van der Waals surface area (Å²) in [5.41, 5.74) is 5.57. The number of rotatable bonds is 1. The molecule has 0 radical (unpaired) electrons. The van der Waals surface area contributed by atoms with E-state index >= 15 is 0 Å². The first-order valence-electron chi connectivity index (χ1n) is 7.68. The normalized spacial score (nSPS) is 14.8. The van der Waals surface area contributed by atoms with Gasteiger partial charge in [0.2, 0.25) is 0 Å². The summed E-state index contributed by atoms with van der Waals surface area (Å²) >= 11 is 0. The van der Waals surface area contributed by atoms with Crippen LogP contribution in [-0.2, 0) is 18.3 Å². The van der Waals surface area contributed by atoms with Gasteiger partial charge in [-0.1, -0.05) is 45.0 Å². The van der Waals surface area contributed by atoms with Gasteiger partial charge in [0.1, 0.15) is 0 Å². The van der Waals surface area contributed by atoms with Gasteiger partial charge in [-0.05, 0) is 42.2 Å². The highest BCUT2D eigenvalue weighted by Crippen LogP contribution is 2.29. The van der Waals surface area contributed by atoms with Crippen LogP contribution in [0.15, 0.2) is 29.1 Å². The summed E-state index contributed by atoms with van der Waals surface area (Å²) < 4.78 is 0. The number of benzene rings is 1. The molecule has 1 aromatic heterocycles. The Morgan fingerprint density at radius 3 is 2.24 bits per heavy atom. The lowest BCUT2D eigenvalue weighted by Crippen LogP contribution is -2.21. The Kier molecular flexibility index (Phi) is 3.44. The van der Waals surface area contributed by atoms with Crippen LogP contribution < -0.4 is 5.56 Å². The average Bonchev–Trinajstić information content (AvgIpc) is 2.47.